The fraction of sp³-hybridized carbons (Fsp3) is 0.350. The molecule has 4 nitrogen and oxygen atoms in total. The van der Waals surface area contributed by atoms with Gasteiger partial charge in [0.1, 0.15) is 0 Å². The van der Waals surface area contributed by atoms with Crippen molar-refractivity contribution in [2.24, 2.45) is 5.73 Å². The van der Waals surface area contributed by atoms with E-state index in [9.17, 15) is 0 Å². The van der Waals surface area contributed by atoms with E-state index >= 15 is 0 Å². The lowest BCUT2D eigenvalue weighted by atomic mass is 9.88. The highest BCUT2D eigenvalue weighted by Gasteiger charge is 2.31. The first-order valence-electron chi connectivity index (χ1n) is 8.62. The fourth-order valence-electron chi connectivity index (χ4n) is 3.99. The van der Waals surface area contributed by atoms with E-state index in [4.69, 9.17) is 5.73 Å². The minimum atomic E-state index is -0.128. The Balaban J connectivity index is 0.00000121. The molecule has 1 aromatic heterocycles. The van der Waals surface area contributed by atoms with Crippen molar-refractivity contribution in [3.63, 3.8) is 0 Å². The molecule has 0 unspecified atom stereocenters. The first-order valence-corrected chi connectivity index (χ1v) is 8.62. The molecule has 1 aliphatic carbocycles. The number of nitrogens with zero attached hydrogens (tertiary/aromatic N) is 2. The van der Waals surface area contributed by atoms with Crippen LogP contribution in [0.1, 0.15) is 31.2 Å². The predicted octanol–water partition coefficient (Wildman–Crippen LogP) is 5.29. The van der Waals surface area contributed by atoms with Crippen molar-refractivity contribution in [1.29, 1.82) is 0 Å². The molecule has 0 radical (unpaired) electrons. The van der Waals surface area contributed by atoms with Crippen LogP contribution >= 0.6 is 37.2 Å². The zero-order valence-electron chi connectivity index (χ0n) is 15.6. The predicted molar refractivity (Wildman–Crippen MR) is 122 cm³/mol. The molecule has 1 fully saturated rings. The van der Waals surface area contributed by atoms with Crippen molar-refractivity contribution >= 4 is 53.8 Å². The smallest absolute Gasteiger partial charge is 0.0671 e. The molecule has 0 bridgehead atoms. The normalized spacial score (nSPS) is 14.8. The van der Waals surface area contributed by atoms with Crippen LogP contribution < -0.4 is 10.6 Å². The summed E-state index contributed by atoms with van der Waals surface area (Å²) in [4.78, 5) is 2.16. The molecule has 0 amide bonds. The summed E-state index contributed by atoms with van der Waals surface area (Å²) in [5, 5.41) is 8.38. The van der Waals surface area contributed by atoms with Gasteiger partial charge in [0.15, 0.2) is 0 Å². The number of anilines is 1. The Morgan fingerprint density at radius 3 is 2.19 bits per heavy atom. The van der Waals surface area contributed by atoms with Crippen LogP contribution in [-0.4, -0.2) is 24.3 Å². The summed E-state index contributed by atoms with van der Waals surface area (Å²) >= 11 is 0. The lowest BCUT2D eigenvalue weighted by Gasteiger charge is -2.25. The SMILES string of the molecule is CN(C)c1c(-c2ccc(C3(N)CCCC3)cc2)ccc2[nH]ncc12.Cl.Cl.Cl. The zero-order valence-corrected chi connectivity index (χ0v) is 18.0. The van der Waals surface area contributed by atoms with Crippen molar-refractivity contribution < 1.29 is 0 Å². The number of hydrogen-bond donors (Lipinski definition) is 2. The van der Waals surface area contributed by atoms with Crippen molar-refractivity contribution in [1.82, 2.24) is 10.2 Å². The Labute approximate surface area is 179 Å². The van der Waals surface area contributed by atoms with E-state index in [-0.39, 0.29) is 42.8 Å². The number of H-pyrrole nitrogens is 1. The molecule has 0 atom stereocenters. The molecule has 148 valence electrons. The first kappa shape index (κ1) is 23.6. The van der Waals surface area contributed by atoms with Crippen LogP contribution in [0.3, 0.4) is 0 Å². The van der Waals surface area contributed by atoms with Gasteiger partial charge in [0.2, 0.25) is 0 Å². The summed E-state index contributed by atoms with van der Waals surface area (Å²) in [6.45, 7) is 0. The van der Waals surface area contributed by atoms with Crippen LogP contribution in [0.15, 0.2) is 42.6 Å². The van der Waals surface area contributed by atoms with Crippen LogP contribution in [0.4, 0.5) is 5.69 Å². The largest absolute Gasteiger partial charge is 0.377 e. The maximum absolute atomic E-state index is 6.59. The third kappa shape index (κ3) is 4.19. The Bertz CT molecular complexity index is 869. The fourth-order valence-corrected chi connectivity index (χ4v) is 3.99. The number of nitrogens with two attached hydrogens (primary N) is 1. The highest BCUT2D eigenvalue weighted by Crippen LogP contribution is 2.39. The van der Waals surface area contributed by atoms with Crippen molar-refractivity contribution in [2.75, 3.05) is 19.0 Å². The first-order chi connectivity index (χ1) is 11.6. The molecular weight excluding hydrogens is 403 g/mol. The summed E-state index contributed by atoms with van der Waals surface area (Å²) in [6.07, 6.45) is 6.56. The lowest BCUT2D eigenvalue weighted by molar-refractivity contribution is 0.462. The molecule has 27 heavy (non-hydrogen) atoms. The Hall–Kier alpha value is -1.46. The van der Waals surface area contributed by atoms with Gasteiger partial charge < -0.3 is 10.6 Å². The van der Waals surface area contributed by atoms with Gasteiger partial charge in [-0.1, -0.05) is 43.2 Å². The Kier molecular flexibility index (Phi) is 8.00. The Morgan fingerprint density at radius 2 is 1.59 bits per heavy atom. The molecule has 0 saturated heterocycles. The lowest BCUT2D eigenvalue weighted by Crippen LogP contribution is -2.32. The molecular formula is C20H27Cl3N4. The highest BCUT2D eigenvalue weighted by molar-refractivity contribution is 6.00. The van der Waals surface area contributed by atoms with Gasteiger partial charge in [-0.05, 0) is 30.0 Å². The van der Waals surface area contributed by atoms with Gasteiger partial charge in [-0.2, -0.15) is 5.10 Å². The van der Waals surface area contributed by atoms with Crippen molar-refractivity contribution in [3.05, 3.63) is 48.2 Å². The van der Waals surface area contributed by atoms with E-state index in [2.05, 4.69) is 65.6 Å². The zero-order chi connectivity index (χ0) is 16.7. The quantitative estimate of drug-likeness (QED) is 0.595. The van der Waals surface area contributed by atoms with Gasteiger partial charge in [0, 0.05) is 30.6 Å². The van der Waals surface area contributed by atoms with Crippen LogP contribution in [0, 0.1) is 0 Å². The summed E-state index contributed by atoms with van der Waals surface area (Å²) in [5.74, 6) is 0. The number of benzene rings is 2. The second kappa shape index (κ2) is 9.16. The Morgan fingerprint density at radius 1 is 0.963 bits per heavy atom. The molecule has 7 heteroatoms. The molecule has 0 spiro atoms. The molecule has 3 aromatic rings. The third-order valence-electron chi connectivity index (χ3n) is 5.31. The number of nitrogens with one attached hydrogen (secondary N) is 1. The van der Waals surface area contributed by atoms with Crippen LogP contribution in [0.2, 0.25) is 0 Å². The minimum Gasteiger partial charge on any atom is -0.377 e. The van der Waals surface area contributed by atoms with Gasteiger partial charge in [-0.15, -0.1) is 37.2 Å². The van der Waals surface area contributed by atoms with Crippen LogP contribution in [0.5, 0.6) is 0 Å². The molecule has 4 rings (SSSR count). The molecule has 3 N–H and O–H groups in total. The number of rotatable bonds is 3. The second-order valence-corrected chi connectivity index (χ2v) is 7.13. The molecule has 2 aromatic carbocycles. The van der Waals surface area contributed by atoms with E-state index in [0.29, 0.717) is 0 Å². The molecule has 1 aliphatic rings. The summed E-state index contributed by atoms with van der Waals surface area (Å²) in [6, 6.07) is 13.1. The summed E-state index contributed by atoms with van der Waals surface area (Å²) < 4.78 is 0. The van der Waals surface area contributed by atoms with Crippen molar-refractivity contribution in [3.8, 4) is 11.1 Å². The van der Waals surface area contributed by atoms with Gasteiger partial charge in [-0.25, -0.2) is 0 Å². The second-order valence-electron chi connectivity index (χ2n) is 7.13. The summed E-state index contributed by atoms with van der Waals surface area (Å²) in [7, 11) is 4.15. The van der Waals surface area contributed by atoms with Gasteiger partial charge in [-0.3, -0.25) is 5.10 Å². The number of halogens is 3. The number of fused-ring (bicyclic) bond motifs is 1. The van der Waals surface area contributed by atoms with E-state index in [0.717, 1.165) is 23.7 Å². The monoisotopic (exact) mass is 428 g/mol. The summed E-state index contributed by atoms with van der Waals surface area (Å²) in [5.41, 5.74) is 12.4. The average Bonchev–Trinajstić information content (AvgIpc) is 3.23. The van der Waals surface area contributed by atoms with Gasteiger partial charge >= 0.3 is 0 Å². The van der Waals surface area contributed by atoms with E-state index < -0.39 is 0 Å². The average molecular weight is 430 g/mol. The van der Waals surface area contributed by atoms with Crippen molar-refractivity contribution in [2.45, 2.75) is 31.2 Å². The topological polar surface area (TPSA) is 57.9 Å². The van der Waals surface area contributed by atoms with E-state index in [1.54, 1.807) is 0 Å². The molecule has 1 heterocycles. The van der Waals surface area contributed by atoms with Gasteiger partial charge in [0.05, 0.1) is 17.4 Å². The van der Waals surface area contributed by atoms with Crippen LogP contribution in [-0.2, 0) is 5.54 Å². The minimum absolute atomic E-state index is 0. The standard InChI is InChI=1S/C20H24N4.3ClH/c1-24(2)19-16(9-10-18-17(19)13-22-23-18)14-5-7-15(8-6-14)20(21)11-3-4-12-20;;;/h5-10,13H,3-4,11-12,21H2,1-2H3,(H,22,23);3*1H. The van der Waals surface area contributed by atoms with Gasteiger partial charge in [0.25, 0.3) is 0 Å². The van der Waals surface area contributed by atoms with E-state index in [1.807, 2.05) is 6.20 Å². The maximum Gasteiger partial charge on any atom is 0.0671 e. The highest BCUT2D eigenvalue weighted by atomic mass is 35.5. The number of aromatic nitrogens is 2. The molecule has 0 aliphatic heterocycles. The molecule has 1 saturated carbocycles. The third-order valence-corrected chi connectivity index (χ3v) is 5.31. The maximum atomic E-state index is 6.59. The van der Waals surface area contributed by atoms with Crippen LogP contribution in [0.25, 0.3) is 22.0 Å². The number of hydrogen-bond acceptors (Lipinski definition) is 3. The van der Waals surface area contributed by atoms with E-state index in [1.165, 1.54) is 35.2 Å². The number of aromatic amines is 1.